The van der Waals surface area contributed by atoms with E-state index in [0.717, 1.165) is 31.3 Å². The zero-order chi connectivity index (χ0) is 17.5. The van der Waals surface area contributed by atoms with Gasteiger partial charge in [0, 0.05) is 13.0 Å². The second-order valence-electron chi connectivity index (χ2n) is 9.50. The summed E-state index contributed by atoms with van der Waals surface area (Å²) in [5, 5.41) is 31.9. The predicted molar refractivity (Wildman–Crippen MR) is 90.1 cm³/mol. The Morgan fingerprint density at radius 3 is 2.54 bits per heavy atom. The highest BCUT2D eigenvalue weighted by Gasteiger charge is 2.72. The van der Waals surface area contributed by atoms with Crippen molar-refractivity contribution < 1.29 is 20.1 Å². The van der Waals surface area contributed by atoms with Gasteiger partial charge in [-0.25, -0.2) is 0 Å². The minimum Gasteiger partial charge on any atom is -0.396 e. The first-order valence-corrected chi connectivity index (χ1v) is 9.41. The van der Waals surface area contributed by atoms with Crippen LogP contribution in [-0.4, -0.2) is 39.9 Å². The molecule has 5 rings (SSSR count). The number of carbonyl (C=O) groups excluding carboxylic acids is 1. The summed E-state index contributed by atoms with van der Waals surface area (Å²) in [4.78, 5) is 13.3. The van der Waals surface area contributed by atoms with Crippen LogP contribution in [0.3, 0.4) is 0 Å². The van der Waals surface area contributed by atoms with Gasteiger partial charge in [0.25, 0.3) is 0 Å². The summed E-state index contributed by atoms with van der Waals surface area (Å²) in [5.74, 6) is 0.207. The number of fused-ring (bicyclic) bond motifs is 3. The minimum atomic E-state index is -1.06. The number of carbonyl (C=O) groups is 1. The molecule has 4 nitrogen and oxygen atoms in total. The first-order chi connectivity index (χ1) is 11.2. The van der Waals surface area contributed by atoms with Gasteiger partial charge in [0.2, 0.25) is 0 Å². The molecule has 4 heteroatoms. The maximum Gasteiger partial charge on any atom is 0.145 e. The molecule has 5 aliphatic carbocycles. The molecule has 0 saturated heterocycles. The van der Waals surface area contributed by atoms with Crippen LogP contribution in [0.1, 0.15) is 52.4 Å². The number of ketones is 1. The third-order valence-corrected chi connectivity index (χ3v) is 8.61. The van der Waals surface area contributed by atoms with Gasteiger partial charge in [-0.2, -0.15) is 0 Å². The predicted octanol–water partition coefficient (Wildman–Crippen LogP) is 2.07. The van der Waals surface area contributed by atoms with E-state index in [2.05, 4.69) is 20.4 Å². The second-order valence-corrected chi connectivity index (χ2v) is 9.50. The van der Waals surface area contributed by atoms with Crippen LogP contribution in [0.4, 0.5) is 0 Å². The van der Waals surface area contributed by atoms with Crippen molar-refractivity contribution in [1.29, 1.82) is 0 Å². The smallest absolute Gasteiger partial charge is 0.145 e. The molecule has 0 aromatic rings. The van der Waals surface area contributed by atoms with Gasteiger partial charge in [0.05, 0.1) is 17.6 Å². The summed E-state index contributed by atoms with van der Waals surface area (Å²) < 4.78 is 0. The van der Waals surface area contributed by atoms with E-state index in [4.69, 9.17) is 0 Å². The molecule has 3 N–H and O–H groups in total. The summed E-state index contributed by atoms with van der Waals surface area (Å²) in [5.41, 5.74) is -0.684. The normalized spacial score (nSPS) is 56.8. The topological polar surface area (TPSA) is 77.8 Å². The number of aliphatic hydroxyl groups excluding tert-OH is 3. The minimum absolute atomic E-state index is 0.00384. The number of hydrogen-bond acceptors (Lipinski definition) is 4. The summed E-state index contributed by atoms with van der Waals surface area (Å²) in [7, 11) is 0. The molecule has 0 heterocycles. The van der Waals surface area contributed by atoms with Crippen molar-refractivity contribution in [3.63, 3.8) is 0 Å². The quantitative estimate of drug-likeness (QED) is 0.642. The van der Waals surface area contributed by atoms with E-state index in [1.54, 1.807) is 0 Å². The van der Waals surface area contributed by atoms with Crippen LogP contribution in [0.2, 0.25) is 0 Å². The van der Waals surface area contributed by atoms with Crippen molar-refractivity contribution in [3.05, 3.63) is 12.2 Å². The maximum absolute atomic E-state index is 13.3. The Morgan fingerprint density at radius 1 is 1.17 bits per heavy atom. The molecule has 134 valence electrons. The van der Waals surface area contributed by atoms with E-state index in [1.165, 1.54) is 0 Å². The zero-order valence-electron chi connectivity index (χ0n) is 14.8. The Morgan fingerprint density at radius 2 is 1.88 bits per heavy atom. The Kier molecular flexibility index (Phi) is 3.44. The van der Waals surface area contributed by atoms with Gasteiger partial charge in [0.1, 0.15) is 5.78 Å². The fourth-order valence-electron chi connectivity index (χ4n) is 7.29. The highest BCUT2D eigenvalue weighted by molar-refractivity contribution is 5.89. The molecule has 0 amide bonds. The molecule has 5 saturated carbocycles. The van der Waals surface area contributed by atoms with E-state index in [-0.39, 0.29) is 41.0 Å². The summed E-state index contributed by atoms with van der Waals surface area (Å²) in [6, 6.07) is 0. The third-order valence-electron chi connectivity index (χ3n) is 8.61. The van der Waals surface area contributed by atoms with E-state index >= 15 is 0 Å². The largest absolute Gasteiger partial charge is 0.396 e. The molecule has 2 bridgehead atoms. The molecule has 0 aromatic carbocycles. The van der Waals surface area contributed by atoms with Gasteiger partial charge in [-0.05, 0) is 59.8 Å². The van der Waals surface area contributed by atoms with Crippen molar-refractivity contribution in [1.82, 2.24) is 0 Å². The van der Waals surface area contributed by atoms with Crippen molar-refractivity contribution in [2.24, 2.45) is 34.0 Å². The van der Waals surface area contributed by atoms with Crippen LogP contribution in [0, 0.1) is 34.0 Å². The van der Waals surface area contributed by atoms with Gasteiger partial charge >= 0.3 is 0 Å². The number of Topliss-reactive ketones (excluding diaryl/α,β-unsaturated/α-hetero) is 1. The third kappa shape index (κ3) is 1.68. The first kappa shape index (κ1) is 16.7. The van der Waals surface area contributed by atoms with E-state index in [1.807, 2.05) is 0 Å². The average molecular weight is 334 g/mol. The number of aliphatic hydroxyl groups is 3. The number of rotatable bonds is 1. The highest BCUT2D eigenvalue weighted by Crippen LogP contribution is 2.70. The lowest BCUT2D eigenvalue weighted by molar-refractivity contribution is -0.233. The fraction of sp³-hybridized carbons (Fsp3) is 0.850. The molecular formula is C20H30O4. The maximum atomic E-state index is 13.3. The standard InChI is InChI=1S/C20H30O4/c1-11-12-7-14-19(3)6-4-5-18(2,10-21)13(19)9-16(23)20(14,17(11)24)15(22)8-12/h12-15,17,21-22,24H,1,4-10H2,2-3H3/t12-,13-,14+,15-,17-,18+,19-,20+/m1/s1. The van der Waals surface area contributed by atoms with Crippen LogP contribution in [-0.2, 0) is 4.79 Å². The van der Waals surface area contributed by atoms with Crippen LogP contribution in [0.25, 0.3) is 0 Å². The van der Waals surface area contributed by atoms with Gasteiger partial charge in [0.15, 0.2) is 0 Å². The first-order valence-electron chi connectivity index (χ1n) is 9.41. The molecule has 24 heavy (non-hydrogen) atoms. The number of hydrogen-bond donors (Lipinski definition) is 3. The summed E-state index contributed by atoms with van der Waals surface area (Å²) in [6.07, 6.45) is 3.04. The molecule has 0 unspecified atom stereocenters. The Balaban J connectivity index is 1.86. The molecular weight excluding hydrogens is 304 g/mol. The van der Waals surface area contributed by atoms with E-state index < -0.39 is 17.6 Å². The lowest BCUT2D eigenvalue weighted by atomic mass is 9.35. The SMILES string of the molecule is C=C1[C@H]2C[C@@H](O)[C@@]3(C(=O)C[C@@H]4[C@](C)(CO)CCC[C@@]4(C)[C@@H]3C2)[C@@H]1O. The molecule has 5 aliphatic rings. The van der Waals surface area contributed by atoms with Gasteiger partial charge in [-0.15, -0.1) is 0 Å². The average Bonchev–Trinajstić information content (AvgIpc) is 2.54. The van der Waals surface area contributed by atoms with Crippen molar-refractivity contribution >= 4 is 5.78 Å². The molecule has 0 aliphatic heterocycles. The van der Waals surface area contributed by atoms with Gasteiger partial charge in [-0.3, -0.25) is 4.79 Å². The van der Waals surface area contributed by atoms with Crippen LogP contribution >= 0.6 is 0 Å². The molecule has 8 atom stereocenters. The monoisotopic (exact) mass is 334 g/mol. The van der Waals surface area contributed by atoms with Crippen LogP contribution in [0.5, 0.6) is 0 Å². The Hall–Kier alpha value is -0.710. The summed E-state index contributed by atoms with van der Waals surface area (Å²) >= 11 is 0. The van der Waals surface area contributed by atoms with Crippen LogP contribution < -0.4 is 0 Å². The summed E-state index contributed by atoms with van der Waals surface area (Å²) in [6.45, 7) is 8.50. The Labute approximate surface area is 144 Å². The molecule has 0 radical (unpaired) electrons. The molecule has 0 aromatic heterocycles. The zero-order valence-corrected chi connectivity index (χ0v) is 14.8. The van der Waals surface area contributed by atoms with E-state index in [9.17, 15) is 20.1 Å². The van der Waals surface area contributed by atoms with Gasteiger partial charge in [-0.1, -0.05) is 26.8 Å². The van der Waals surface area contributed by atoms with Gasteiger partial charge < -0.3 is 15.3 Å². The van der Waals surface area contributed by atoms with E-state index in [0.29, 0.717) is 12.8 Å². The van der Waals surface area contributed by atoms with Crippen molar-refractivity contribution in [2.45, 2.75) is 64.6 Å². The van der Waals surface area contributed by atoms with Crippen LogP contribution in [0.15, 0.2) is 12.2 Å². The second kappa shape index (κ2) is 4.93. The molecule has 5 fully saturated rings. The molecule has 1 spiro atoms. The van der Waals surface area contributed by atoms with Crippen molar-refractivity contribution in [3.8, 4) is 0 Å². The Bertz CT molecular complexity index is 600. The fourth-order valence-corrected chi connectivity index (χ4v) is 7.29. The lowest BCUT2D eigenvalue weighted by Gasteiger charge is -2.69. The lowest BCUT2D eigenvalue weighted by Crippen LogP contribution is -2.72. The highest BCUT2D eigenvalue weighted by atomic mass is 16.3. The van der Waals surface area contributed by atoms with Crippen molar-refractivity contribution in [2.75, 3.05) is 6.61 Å².